The van der Waals surface area contributed by atoms with Gasteiger partial charge in [0.15, 0.2) is 5.78 Å². The maximum absolute atomic E-state index is 13.5. The third-order valence-corrected chi connectivity index (χ3v) is 8.95. The minimum atomic E-state index is -0.485. The topological polar surface area (TPSA) is 70.1 Å². The molecule has 1 unspecified atom stereocenters. The summed E-state index contributed by atoms with van der Waals surface area (Å²) in [6, 6.07) is 22.5. The van der Waals surface area contributed by atoms with E-state index < -0.39 is 5.92 Å². The molecule has 38 heavy (non-hydrogen) atoms. The Bertz CT molecular complexity index is 1550. The molecular weight excluding hydrogens is 510 g/mol. The highest BCUT2D eigenvalue weighted by molar-refractivity contribution is 7.98. The van der Waals surface area contributed by atoms with Crippen LogP contribution in [0.2, 0.25) is 5.02 Å². The van der Waals surface area contributed by atoms with Crippen molar-refractivity contribution in [3.63, 3.8) is 0 Å². The molecule has 5 rings (SSSR count). The lowest BCUT2D eigenvalue weighted by Crippen LogP contribution is -2.38. The summed E-state index contributed by atoms with van der Waals surface area (Å²) in [7, 11) is 0. The lowest BCUT2D eigenvalue weighted by molar-refractivity contribution is -0.116. The van der Waals surface area contributed by atoms with Crippen LogP contribution in [0.5, 0.6) is 0 Å². The van der Waals surface area contributed by atoms with Crippen LogP contribution in [0.3, 0.4) is 0 Å². The van der Waals surface area contributed by atoms with Gasteiger partial charge in [0.25, 0.3) is 0 Å². The normalized spacial score (nSPS) is 17.5. The Labute approximate surface area is 233 Å². The van der Waals surface area contributed by atoms with E-state index in [4.69, 9.17) is 17.3 Å². The fourth-order valence-electron chi connectivity index (χ4n) is 5.56. The number of hydrogen-bond acceptors (Lipinski definition) is 5. The molecule has 3 aromatic carbocycles. The van der Waals surface area contributed by atoms with Gasteiger partial charge in [-0.2, -0.15) is 5.26 Å². The van der Waals surface area contributed by atoms with Crippen molar-refractivity contribution in [1.29, 1.82) is 5.26 Å². The van der Waals surface area contributed by atoms with Crippen LogP contribution < -0.4 is 10.6 Å². The fraction of sp³-hybridized carbons (Fsp3) is 0.250. The number of allylic oxidation sites excluding steroid dienone is 3. The van der Waals surface area contributed by atoms with Crippen molar-refractivity contribution < 1.29 is 4.79 Å². The average Bonchev–Trinajstić information content (AvgIpc) is 2.89. The second-order valence-corrected chi connectivity index (χ2v) is 11.4. The van der Waals surface area contributed by atoms with Crippen molar-refractivity contribution in [1.82, 2.24) is 0 Å². The molecule has 2 N–H and O–H groups in total. The Morgan fingerprint density at radius 3 is 2.55 bits per heavy atom. The molecule has 1 atom stereocenters. The first-order valence-electron chi connectivity index (χ1n) is 12.8. The number of nitrogens with two attached hydrogens (primary N) is 1. The molecule has 2 aliphatic rings. The number of rotatable bonds is 5. The van der Waals surface area contributed by atoms with E-state index in [1.807, 2.05) is 23.1 Å². The number of nitrogens with zero attached hydrogens (tertiary/aromatic N) is 2. The van der Waals surface area contributed by atoms with E-state index in [9.17, 15) is 10.1 Å². The average molecular weight is 540 g/mol. The SMILES string of the molecule is Cc1cc(C)c(C2C(C#N)=C(N)N(c3cccc(Cl)c3)C3=C2C(=O)CCC3)cc1CSc1ccccc1C. The Morgan fingerprint density at radius 1 is 1.03 bits per heavy atom. The van der Waals surface area contributed by atoms with Gasteiger partial charge in [-0.1, -0.05) is 48.0 Å². The molecular formula is C32H30ClN3OS. The van der Waals surface area contributed by atoms with Crippen LogP contribution in [0, 0.1) is 32.1 Å². The first kappa shape index (κ1) is 26.2. The van der Waals surface area contributed by atoms with E-state index >= 15 is 0 Å². The lowest BCUT2D eigenvalue weighted by Gasteiger charge is -2.40. The molecule has 0 bridgehead atoms. The van der Waals surface area contributed by atoms with Crippen LogP contribution in [0.25, 0.3) is 0 Å². The summed E-state index contributed by atoms with van der Waals surface area (Å²) in [6.07, 6.45) is 1.93. The quantitative estimate of drug-likeness (QED) is 0.334. The summed E-state index contributed by atoms with van der Waals surface area (Å²) in [5.41, 5.74) is 15.2. The maximum atomic E-state index is 13.5. The highest BCUT2D eigenvalue weighted by atomic mass is 35.5. The van der Waals surface area contributed by atoms with E-state index in [1.165, 1.54) is 21.6 Å². The molecule has 0 saturated carbocycles. The lowest BCUT2D eigenvalue weighted by atomic mass is 9.74. The molecule has 1 aliphatic heterocycles. The van der Waals surface area contributed by atoms with Gasteiger partial charge < -0.3 is 5.73 Å². The molecule has 0 saturated heterocycles. The standard InChI is InChI=1S/C32H30ClN3OS/c1-19-8-4-5-13-29(19)38-18-22-15-25(21(3)14-20(22)2)30-26(17-34)32(35)36(24-10-6-9-23(33)16-24)27-11-7-12-28(37)31(27)30/h4-6,8-10,13-16,30H,7,11-12,18,35H2,1-3H3. The van der Waals surface area contributed by atoms with Gasteiger partial charge in [0.1, 0.15) is 5.82 Å². The molecule has 192 valence electrons. The fourth-order valence-corrected chi connectivity index (χ4v) is 6.84. The minimum Gasteiger partial charge on any atom is -0.384 e. The number of hydrogen-bond donors (Lipinski definition) is 1. The third kappa shape index (κ3) is 4.75. The number of carbonyl (C=O) groups is 1. The van der Waals surface area contributed by atoms with Crippen LogP contribution in [0.1, 0.15) is 53.0 Å². The molecule has 3 aromatic rings. The largest absolute Gasteiger partial charge is 0.384 e. The van der Waals surface area contributed by atoms with E-state index in [0.29, 0.717) is 34.8 Å². The molecule has 0 aromatic heterocycles. The summed E-state index contributed by atoms with van der Waals surface area (Å²) in [6.45, 7) is 6.31. The van der Waals surface area contributed by atoms with Gasteiger partial charge in [-0.3, -0.25) is 9.69 Å². The third-order valence-electron chi connectivity index (χ3n) is 7.49. The van der Waals surface area contributed by atoms with Gasteiger partial charge in [0, 0.05) is 39.0 Å². The molecule has 1 heterocycles. The summed E-state index contributed by atoms with van der Waals surface area (Å²) < 4.78 is 0. The monoisotopic (exact) mass is 539 g/mol. The number of carbonyl (C=O) groups excluding carboxylic acids is 1. The molecule has 4 nitrogen and oxygen atoms in total. The van der Waals surface area contributed by atoms with Gasteiger partial charge in [-0.05, 0) is 85.7 Å². The van der Waals surface area contributed by atoms with Crippen LogP contribution in [0.4, 0.5) is 5.69 Å². The van der Waals surface area contributed by atoms with Crippen molar-refractivity contribution in [2.75, 3.05) is 4.90 Å². The van der Waals surface area contributed by atoms with Crippen molar-refractivity contribution in [2.45, 2.75) is 56.6 Å². The molecule has 6 heteroatoms. The van der Waals surface area contributed by atoms with Gasteiger partial charge in [0.2, 0.25) is 0 Å². The number of thioether (sulfide) groups is 1. The zero-order valence-corrected chi connectivity index (χ0v) is 23.4. The molecule has 0 radical (unpaired) electrons. The van der Waals surface area contributed by atoms with Crippen LogP contribution in [-0.4, -0.2) is 5.78 Å². The van der Waals surface area contributed by atoms with Crippen molar-refractivity contribution in [3.05, 3.63) is 116 Å². The summed E-state index contributed by atoms with van der Waals surface area (Å²) in [5.74, 6) is 0.760. The number of ketones is 1. The molecule has 0 fully saturated rings. The first-order valence-corrected chi connectivity index (χ1v) is 14.2. The number of halogens is 1. The molecule has 0 amide bonds. The summed E-state index contributed by atoms with van der Waals surface area (Å²) in [5, 5.41) is 11.0. The Kier molecular flexibility index (Phi) is 7.38. The number of Topliss-reactive ketones (excluding diaryl/α,β-unsaturated/α-hetero) is 1. The zero-order valence-electron chi connectivity index (χ0n) is 21.8. The smallest absolute Gasteiger partial charge is 0.161 e. The Hall–Kier alpha value is -3.46. The number of nitriles is 1. The van der Waals surface area contributed by atoms with E-state index in [2.05, 4.69) is 63.2 Å². The number of benzene rings is 3. The van der Waals surface area contributed by atoms with Crippen molar-refractivity contribution in [3.8, 4) is 6.07 Å². The van der Waals surface area contributed by atoms with Crippen molar-refractivity contribution in [2.24, 2.45) is 5.73 Å². The Balaban J connectivity index is 1.64. The zero-order chi connectivity index (χ0) is 27.0. The van der Waals surface area contributed by atoms with Gasteiger partial charge >= 0.3 is 0 Å². The summed E-state index contributed by atoms with van der Waals surface area (Å²) >= 11 is 8.12. The van der Waals surface area contributed by atoms with Crippen molar-refractivity contribution >= 4 is 34.8 Å². The number of aryl methyl sites for hydroxylation is 3. The van der Waals surface area contributed by atoms with Crippen LogP contribution in [-0.2, 0) is 10.5 Å². The van der Waals surface area contributed by atoms with Crippen LogP contribution >= 0.6 is 23.4 Å². The van der Waals surface area contributed by atoms with Crippen LogP contribution in [0.15, 0.2) is 88.2 Å². The minimum absolute atomic E-state index is 0.0827. The first-order chi connectivity index (χ1) is 18.3. The predicted molar refractivity (Wildman–Crippen MR) is 156 cm³/mol. The van der Waals surface area contributed by atoms with E-state index in [-0.39, 0.29) is 5.78 Å². The van der Waals surface area contributed by atoms with Gasteiger partial charge in [-0.15, -0.1) is 11.8 Å². The predicted octanol–water partition coefficient (Wildman–Crippen LogP) is 7.86. The van der Waals surface area contributed by atoms with Gasteiger partial charge in [0.05, 0.1) is 17.6 Å². The second kappa shape index (κ2) is 10.7. The molecule has 1 aliphatic carbocycles. The molecule has 0 spiro atoms. The van der Waals surface area contributed by atoms with E-state index in [1.54, 1.807) is 17.8 Å². The Morgan fingerprint density at radius 2 is 1.82 bits per heavy atom. The highest BCUT2D eigenvalue weighted by Crippen LogP contribution is 2.47. The van der Waals surface area contributed by atoms with Gasteiger partial charge in [-0.25, -0.2) is 0 Å². The number of anilines is 1. The maximum Gasteiger partial charge on any atom is 0.161 e. The second-order valence-electron chi connectivity index (χ2n) is 9.99. The highest BCUT2D eigenvalue weighted by Gasteiger charge is 2.41. The summed E-state index contributed by atoms with van der Waals surface area (Å²) in [4.78, 5) is 16.7. The van der Waals surface area contributed by atoms with E-state index in [0.717, 1.165) is 34.7 Å².